The van der Waals surface area contributed by atoms with E-state index in [4.69, 9.17) is 16.2 Å². The Hall–Kier alpha value is -1.11. The number of nitrogens with one attached hydrogen (secondary N) is 1. The Bertz CT molecular complexity index is 996. The summed E-state index contributed by atoms with van der Waals surface area (Å²) in [5.74, 6) is 5.16. The van der Waals surface area contributed by atoms with Crippen LogP contribution in [0, 0.1) is 46.3 Å². The van der Waals surface area contributed by atoms with Crippen molar-refractivity contribution in [1.82, 2.24) is 10.2 Å². The number of fused-ring (bicyclic) bond motifs is 5. The number of allylic oxidation sites excluding steroid dienone is 1. The molecule has 0 aromatic heterocycles. The number of hydrogen-bond donors (Lipinski definition) is 3. The molecule has 0 radical (unpaired) electrons. The standard InChI is InChI=1S/C41H76N4O2/c1-8-32(29(2)3)12-11-13-33-15-17-37-36-16-14-34-28-35(18-22-41(34,7)38(36)19-23-40(33,37)6)47-39(46)45(27-21-31(5)43)26-10-9-24-44-25-20-30(4)42/h14,29-33,35-38,44H,8-13,15-28,42-43H2,1-7H3/t30?,31?,32?,33?,35?,36?,37?,38?,40-,41?/m1/s1. The summed E-state index contributed by atoms with van der Waals surface area (Å²) in [6.07, 6.45) is 21.9. The van der Waals surface area contributed by atoms with Gasteiger partial charge < -0.3 is 26.4 Å². The Balaban J connectivity index is 1.30. The number of hydrogen-bond acceptors (Lipinski definition) is 5. The third kappa shape index (κ3) is 9.78. The highest BCUT2D eigenvalue weighted by molar-refractivity contribution is 5.67. The number of rotatable bonds is 18. The molecule has 0 aromatic carbocycles. The van der Waals surface area contributed by atoms with Crippen LogP contribution in [-0.4, -0.2) is 55.4 Å². The number of nitrogens with zero attached hydrogens (tertiary/aromatic N) is 1. The predicted molar refractivity (Wildman–Crippen MR) is 198 cm³/mol. The molecule has 10 atom stereocenters. The third-order valence-electron chi connectivity index (χ3n) is 14.0. The lowest BCUT2D eigenvalue weighted by Gasteiger charge is -2.58. The van der Waals surface area contributed by atoms with E-state index in [-0.39, 0.29) is 29.7 Å². The lowest BCUT2D eigenvalue weighted by atomic mass is 9.47. The number of ether oxygens (including phenoxy) is 1. The van der Waals surface area contributed by atoms with E-state index in [0.29, 0.717) is 12.0 Å². The lowest BCUT2D eigenvalue weighted by molar-refractivity contribution is -0.0535. The summed E-state index contributed by atoms with van der Waals surface area (Å²) in [5.41, 5.74) is 14.4. The van der Waals surface area contributed by atoms with E-state index in [1.165, 1.54) is 57.8 Å². The molecule has 272 valence electrons. The topological polar surface area (TPSA) is 93.6 Å². The molecule has 4 aliphatic rings. The highest BCUT2D eigenvalue weighted by Crippen LogP contribution is 2.67. The summed E-state index contributed by atoms with van der Waals surface area (Å²) in [4.78, 5) is 15.4. The van der Waals surface area contributed by atoms with Gasteiger partial charge in [-0.1, -0.05) is 65.5 Å². The van der Waals surface area contributed by atoms with Crippen LogP contribution >= 0.6 is 0 Å². The van der Waals surface area contributed by atoms with Gasteiger partial charge in [-0.2, -0.15) is 0 Å². The summed E-state index contributed by atoms with van der Waals surface area (Å²) >= 11 is 0. The minimum Gasteiger partial charge on any atom is -0.446 e. The zero-order valence-corrected chi connectivity index (χ0v) is 31.8. The smallest absolute Gasteiger partial charge is 0.410 e. The van der Waals surface area contributed by atoms with Crippen molar-refractivity contribution in [2.24, 2.45) is 57.8 Å². The number of carbonyl (C=O) groups is 1. The third-order valence-corrected chi connectivity index (χ3v) is 14.0. The first-order valence-corrected chi connectivity index (χ1v) is 20.3. The van der Waals surface area contributed by atoms with Crippen LogP contribution in [0.25, 0.3) is 0 Å². The van der Waals surface area contributed by atoms with Gasteiger partial charge in [0.2, 0.25) is 0 Å². The molecule has 0 saturated heterocycles. The predicted octanol–water partition coefficient (Wildman–Crippen LogP) is 9.07. The monoisotopic (exact) mass is 657 g/mol. The fraction of sp³-hybridized carbons (Fsp3) is 0.927. The van der Waals surface area contributed by atoms with Gasteiger partial charge in [0.1, 0.15) is 6.10 Å². The summed E-state index contributed by atoms with van der Waals surface area (Å²) in [6, 6.07) is 0.308. The molecular weight excluding hydrogens is 580 g/mol. The minimum atomic E-state index is -0.137. The highest BCUT2D eigenvalue weighted by atomic mass is 16.6. The molecular formula is C41H76N4O2. The van der Waals surface area contributed by atoms with Gasteiger partial charge in [0.25, 0.3) is 0 Å². The number of nitrogens with two attached hydrogens (primary N) is 2. The van der Waals surface area contributed by atoms with Crippen LogP contribution in [0.4, 0.5) is 4.79 Å². The van der Waals surface area contributed by atoms with Crippen molar-refractivity contribution >= 4 is 6.09 Å². The molecule has 4 aliphatic carbocycles. The van der Waals surface area contributed by atoms with Crippen molar-refractivity contribution < 1.29 is 9.53 Å². The normalized spacial score (nSPS) is 33.7. The number of carbonyl (C=O) groups excluding carboxylic acids is 1. The second-order valence-corrected chi connectivity index (χ2v) is 17.6. The van der Waals surface area contributed by atoms with Crippen molar-refractivity contribution in [1.29, 1.82) is 0 Å². The molecule has 0 aliphatic heterocycles. The van der Waals surface area contributed by atoms with Gasteiger partial charge in [0.05, 0.1) is 0 Å². The molecule has 3 saturated carbocycles. The Labute approximate surface area is 290 Å². The van der Waals surface area contributed by atoms with Gasteiger partial charge >= 0.3 is 6.09 Å². The molecule has 6 nitrogen and oxygen atoms in total. The SMILES string of the molecule is CCC(CCCC1CCC2C3CC=C4CC(OC(=O)N(CCCCNCCC(C)N)CCC(C)N)CCC4(C)C3CC[C@]12C)C(C)C. The van der Waals surface area contributed by atoms with Crippen molar-refractivity contribution in [2.45, 2.75) is 169 Å². The molecule has 0 bridgehead atoms. The summed E-state index contributed by atoms with van der Waals surface area (Å²) in [7, 11) is 0. The van der Waals surface area contributed by atoms with Gasteiger partial charge in [-0.15, -0.1) is 0 Å². The summed E-state index contributed by atoms with van der Waals surface area (Å²) in [6.45, 7) is 19.9. The fourth-order valence-corrected chi connectivity index (χ4v) is 10.8. The molecule has 0 heterocycles. The van der Waals surface area contributed by atoms with Crippen LogP contribution in [0.15, 0.2) is 11.6 Å². The van der Waals surface area contributed by atoms with E-state index in [9.17, 15) is 4.79 Å². The molecule has 3 fully saturated rings. The maximum atomic E-state index is 13.5. The maximum absolute atomic E-state index is 13.5. The van der Waals surface area contributed by atoms with Crippen LogP contribution in [0.1, 0.15) is 151 Å². The molecule has 0 aromatic rings. The Morgan fingerprint density at radius 2 is 1.70 bits per heavy atom. The molecule has 1 amide bonds. The first-order valence-electron chi connectivity index (χ1n) is 20.3. The average Bonchev–Trinajstić information content (AvgIpc) is 3.35. The fourth-order valence-electron chi connectivity index (χ4n) is 10.8. The zero-order valence-electron chi connectivity index (χ0n) is 31.8. The van der Waals surface area contributed by atoms with Gasteiger partial charge in [0.15, 0.2) is 0 Å². The van der Waals surface area contributed by atoms with E-state index in [2.05, 4.69) is 46.0 Å². The first kappa shape index (κ1) is 38.7. The maximum Gasteiger partial charge on any atom is 0.410 e. The van der Waals surface area contributed by atoms with E-state index < -0.39 is 0 Å². The summed E-state index contributed by atoms with van der Waals surface area (Å²) < 4.78 is 6.29. The largest absolute Gasteiger partial charge is 0.446 e. The van der Waals surface area contributed by atoms with Crippen LogP contribution in [-0.2, 0) is 4.74 Å². The van der Waals surface area contributed by atoms with E-state index in [0.717, 1.165) is 100 Å². The molecule has 9 unspecified atom stereocenters. The van der Waals surface area contributed by atoms with E-state index in [1.807, 2.05) is 18.7 Å². The minimum absolute atomic E-state index is 0.00130. The highest BCUT2D eigenvalue weighted by Gasteiger charge is 2.58. The quantitative estimate of drug-likeness (QED) is 0.101. The second-order valence-electron chi connectivity index (χ2n) is 17.6. The molecule has 5 N–H and O–H groups in total. The number of amides is 1. The van der Waals surface area contributed by atoms with Crippen LogP contribution in [0.3, 0.4) is 0 Å². The number of unbranched alkanes of at least 4 members (excludes halogenated alkanes) is 1. The second kappa shape index (κ2) is 17.7. The average molecular weight is 657 g/mol. The van der Waals surface area contributed by atoms with Gasteiger partial charge in [0, 0.05) is 31.6 Å². The van der Waals surface area contributed by atoms with Crippen LogP contribution in [0.5, 0.6) is 0 Å². The molecule has 47 heavy (non-hydrogen) atoms. The van der Waals surface area contributed by atoms with Gasteiger partial charge in [-0.3, -0.25) is 0 Å². The van der Waals surface area contributed by atoms with Crippen molar-refractivity contribution in [3.8, 4) is 0 Å². The summed E-state index contributed by atoms with van der Waals surface area (Å²) in [5, 5.41) is 3.48. The molecule has 4 rings (SSSR count). The van der Waals surface area contributed by atoms with Gasteiger partial charge in [-0.05, 0) is 150 Å². The van der Waals surface area contributed by atoms with Crippen LogP contribution < -0.4 is 16.8 Å². The van der Waals surface area contributed by atoms with Gasteiger partial charge in [-0.25, -0.2) is 4.79 Å². The van der Waals surface area contributed by atoms with Crippen molar-refractivity contribution in [3.05, 3.63) is 11.6 Å². The van der Waals surface area contributed by atoms with Crippen LogP contribution in [0.2, 0.25) is 0 Å². The Kier molecular flexibility index (Phi) is 14.6. The van der Waals surface area contributed by atoms with Crippen molar-refractivity contribution in [3.63, 3.8) is 0 Å². The molecule has 6 heteroatoms. The molecule has 0 spiro atoms. The van der Waals surface area contributed by atoms with E-state index >= 15 is 0 Å². The zero-order chi connectivity index (χ0) is 34.2. The van der Waals surface area contributed by atoms with E-state index in [1.54, 1.807) is 5.57 Å². The Morgan fingerprint density at radius 3 is 2.40 bits per heavy atom. The lowest BCUT2D eigenvalue weighted by Crippen LogP contribution is -2.50. The van der Waals surface area contributed by atoms with Crippen molar-refractivity contribution in [2.75, 3.05) is 26.2 Å². The Morgan fingerprint density at radius 1 is 0.936 bits per heavy atom. The first-order chi connectivity index (χ1) is 22.4.